The van der Waals surface area contributed by atoms with Crippen LogP contribution in [0.2, 0.25) is 0 Å². The summed E-state index contributed by atoms with van der Waals surface area (Å²) in [5, 5.41) is 4.88. The lowest BCUT2D eigenvalue weighted by Crippen LogP contribution is -2.53. The Morgan fingerprint density at radius 1 is 1.03 bits per heavy atom. The van der Waals surface area contributed by atoms with Crippen molar-refractivity contribution < 1.29 is 35.6 Å². The number of urea groups is 1. The number of benzene rings is 3. The molecule has 3 amide bonds. The molecule has 12 heteroatoms. The Morgan fingerprint density at radius 2 is 1.71 bits per heavy atom. The average molecular weight is 550 g/mol. The summed E-state index contributed by atoms with van der Waals surface area (Å²) in [4.78, 5) is 26.7. The Morgan fingerprint density at radius 3 is 2.34 bits per heavy atom. The zero-order valence-electron chi connectivity index (χ0n) is 20.0. The molecular weight excluding hydrogens is 526 g/mol. The van der Waals surface area contributed by atoms with Crippen LogP contribution in [-0.4, -0.2) is 39.2 Å². The molecule has 0 aliphatic carbocycles. The van der Waals surface area contributed by atoms with Crippen molar-refractivity contribution in [1.29, 1.82) is 0 Å². The Kier molecular flexibility index (Phi) is 7.45. The fourth-order valence-electron chi connectivity index (χ4n) is 4.24. The SMILES string of the molecule is CS(=O)(=O)c1ccccc1-c1ccc(N2CCC[C@@H](NC(=O)Nc3ccc(C(F)(F)F)cc3)C2=O)c(F)c1. The van der Waals surface area contributed by atoms with Crippen molar-refractivity contribution >= 4 is 33.2 Å². The van der Waals surface area contributed by atoms with Crippen LogP contribution in [0.3, 0.4) is 0 Å². The summed E-state index contributed by atoms with van der Waals surface area (Å²) >= 11 is 0. The number of anilines is 2. The minimum Gasteiger partial charge on any atom is -0.326 e. The number of sulfone groups is 1. The highest BCUT2D eigenvalue weighted by Crippen LogP contribution is 2.32. The molecule has 1 aliphatic rings. The lowest BCUT2D eigenvalue weighted by Gasteiger charge is -2.33. The molecule has 0 spiro atoms. The van der Waals surface area contributed by atoms with E-state index >= 15 is 4.39 Å². The Labute approximate surface area is 216 Å². The zero-order chi connectivity index (χ0) is 27.7. The predicted octanol–water partition coefficient (Wildman–Crippen LogP) is 5.23. The lowest BCUT2D eigenvalue weighted by atomic mass is 10.0. The van der Waals surface area contributed by atoms with Crippen molar-refractivity contribution in [3.05, 3.63) is 78.1 Å². The maximum Gasteiger partial charge on any atom is 0.416 e. The van der Waals surface area contributed by atoms with Gasteiger partial charge in [0.1, 0.15) is 11.9 Å². The quantitative estimate of drug-likeness (QED) is 0.426. The molecular formula is C26H23F4N3O4S. The van der Waals surface area contributed by atoms with Gasteiger partial charge in [-0.05, 0) is 60.9 Å². The molecule has 1 aliphatic heterocycles. The van der Waals surface area contributed by atoms with Crippen molar-refractivity contribution in [3.63, 3.8) is 0 Å². The molecule has 1 saturated heterocycles. The molecule has 0 bridgehead atoms. The highest BCUT2D eigenvalue weighted by atomic mass is 32.2. The summed E-state index contributed by atoms with van der Waals surface area (Å²) in [5.41, 5.74) is -0.140. The Hall–Kier alpha value is -3.93. The van der Waals surface area contributed by atoms with E-state index in [-0.39, 0.29) is 29.2 Å². The third-order valence-corrected chi connectivity index (χ3v) is 7.21. The van der Waals surface area contributed by atoms with Gasteiger partial charge in [0.15, 0.2) is 9.84 Å². The van der Waals surface area contributed by atoms with Crippen LogP contribution in [0.1, 0.15) is 18.4 Å². The number of halogens is 4. The zero-order valence-corrected chi connectivity index (χ0v) is 20.9. The van der Waals surface area contributed by atoms with Gasteiger partial charge in [-0.25, -0.2) is 17.6 Å². The van der Waals surface area contributed by atoms with E-state index in [4.69, 9.17) is 0 Å². The maximum absolute atomic E-state index is 15.2. The van der Waals surface area contributed by atoms with E-state index in [2.05, 4.69) is 10.6 Å². The van der Waals surface area contributed by atoms with Gasteiger partial charge in [0.05, 0.1) is 16.1 Å². The molecule has 0 radical (unpaired) electrons. The van der Waals surface area contributed by atoms with Gasteiger partial charge in [-0.1, -0.05) is 24.3 Å². The molecule has 0 unspecified atom stereocenters. The van der Waals surface area contributed by atoms with E-state index in [1.807, 2.05) is 0 Å². The van der Waals surface area contributed by atoms with Crippen LogP contribution in [-0.2, 0) is 20.8 Å². The normalized spacial score (nSPS) is 16.3. The third-order valence-electron chi connectivity index (χ3n) is 6.05. The van der Waals surface area contributed by atoms with Crippen molar-refractivity contribution in [1.82, 2.24) is 5.32 Å². The number of nitrogens with one attached hydrogen (secondary N) is 2. The molecule has 2 N–H and O–H groups in total. The predicted molar refractivity (Wildman–Crippen MR) is 134 cm³/mol. The van der Waals surface area contributed by atoms with Crippen molar-refractivity contribution in [2.24, 2.45) is 0 Å². The molecule has 7 nitrogen and oxygen atoms in total. The molecule has 200 valence electrons. The van der Waals surface area contributed by atoms with Crippen LogP contribution >= 0.6 is 0 Å². The number of alkyl halides is 3. The molecule has 3 aromatic carbocycles. The van der Waals surface area contributed by atoms with Crippen molar-refractivity contribution in [2.75, 3.05) is 23.0 Å². The average Bonchev–Trinajstić information content (AvgIpc) is 2.85. The second-order valence-corrected chi connectivity index (χ2v) is 10.8. The number of hydrogen-bond acceptors (Lipinski definition) is 4. The van der Waals surface area contributed by atoms with E-state index in [0.29, 0.717) is 17.5 Å². The number of amides is 3. The van der Waals surface area contributed by atoms with Crippen LogP contribution in [0.25, 0.3) is 11.1 Å². The Balaban J connectivity index is 1.48. The first kappa shape index (κ1) is 27.1. The van der Waals surface area contributed by atoms with Gasteiger partial charge in [0, 0.05) is 24.1 Å². The summed E-state index contributed by atoms with van der Waals surface area (Å²) in [5.74, 6) is -1.30. The van der Waals surface area contributed by atoms with Crippen molar-refractivity contribution in [3.8, 4) is 11.1 Å². The summed E-state index contributed by atoms with van der Waals surface area (Å²) in [6.45, 7) is 0.202. The molecule has 4 rings (SSSR count). The van der Waals surface area contributed by atoms with Crippen LogP contribution < -0.4 is 15.5 Å². The maximum atomic E-state index is 15.2. The van der Waals surface area contributed by atoms with Gasteiger partial charge in [0.2, 0.25) is 5.91 Å². The summed E-state index contributed by atoms with van der Waals surface area (Å²) in [7, 11) is -3.57. The number of carbonyl (C=O) groups excluding carboxylic acids is 2. The fraction of sp³-hybridized carbons (Fsp3) is 0.231. The summed E-state index contributed by atoms with van der Waals surface area (Å²) in [6, 6.07) is 12.3. The highest BCUT2D eigenvalue weighted by molar-refractivity contribution is 7.90. The molecule has 1 atom stereocenters. The minimum atomic E-state index is -4.51. The molecule has 3 aromatic rings. The van der Waals surface area contributed by atoms with Crippen LogP contribution in [0.15, 0.2) is 71.6 Å². The van der Waals surface area contributed by atoms with Gasteiger partial charge in [-0.15, -0.1) is 0 Å². The van der Waals surface area contributed by atoms with Gasteiger partial charge in [-0.2, -0.15) is 13.2 Å². The van der Waals surface area contributed by atoms with Crippen LogP contribution in [0.4, 0.5) is 33.7 Å². The molecule has 1 fully saturated rings. The summed E-state index contributed by atoms with van der Waals surface area (Å²) < 4.78 is 77.6. The van der Waals surface area contributed by atoms with E-state index < -0.39 is 45.4 Å². The van der Waals surface area contributed by atoms with E-state index in [0.717, 1.165) is 36.6 Å². The first-order valence-corrected chi connectivity index (χ1v) is 13.4. The van der Waals surface area contributed by atoms with Crippen LogP contribution in [0, 0.1) is 5.82 Å². The van der Waals surface area contributed by atoms with Gasteiger partial charge in [-0.3, -0.25) is 4.79 Å². The number of nitrogens with zero attached hydrogens (tertiary/aromatic N) is 1. The van der Waals surface area contributed by atoms with E-state index in [1.54, 1.807) is 18.2 Å². The first-order chi connectivity index (χ1) is 17.8. The lowest BCUT2D eigenvalue weighted by molar-refractivity contribution is -0.137. The van der Waals surface area contributed by atoms with Crippen molar-refractivity contribution in [2.45, 2.75) is 30.0 Å². The topological polar surface area (TPSA) is 95.6 Å². The minimum absolute atomic E-state index is 0.0229. The molecule has 1 heterocycles. The largest absolute Gasteiger partial charge is 0.416 e. The standard InChI is InChI=1S/C26H23F4N3O4S/c1-38(36,37)23-7-3-2-5-19(23)16-8-13-22(20(27)15-16)33-14-4-6-21(24(33)34)32-25(35)31-18-11-9-17(10-12-18)26(28,29)30/h2-3,5,7-13,15,21H,4,6,14H2,1H3,(H2,31,32,35)/t21-/m1/s1. The molecule has 0 saturated carbocycles. The van der Waals surface area contributed by atoms with Crippen LogP contribution in [0.5, 0.6) is 0 Å². The first-order valence-electron chi connectivity index (χ1n) is 11.5. The smallest absolute Gasteiger partial charge is 0.326 e. The van der Waals surface area contributed by atoms with E-state index in [9.17, 15) is 31.2 Å². The fourth-order valence-corrected chi connectivity index (χ4v) is 5.15. The number of carbonyl (C=O) groups is 2. The molecule has 38 heavy (non-hydrogen) atoms. The van der Waals surface area contributed by atoms with Gasteiger partial charge >= 0.3 is 12.2 Å². The monoisotopic (exact) mass is 549 g/mol. The van der Waals surface area contributed by atoms with Gasteiger partial charge < -0.3 is 15.5 Å². The highest BCUT2D eigenvalue weighted by Gasteiger charge is 2.33. The molecule has 0 aromatic heterocycles. The number of hydrogen-bond donors (Lipinski definition) is 2. The second-order valence-electron chi connectivity index (χ2n) is 8.79. The second kappa shape index (κ2) is 10.4. The third kappa shape index (κ3) is 5.96. The summed E-state index contributed by atoms with van der Waals surface area (Å²) in [6.07, 6.45) is -2.71. The Bertz CT molecular complexity index is 1470. The van der Waals surface area contributed by atoms with Gasteiger partial charge in [0.25, 0.3) is 0 Å². The number of rotatable bonds is 5. The van der Waals surface area contributed by atoms with E-state index in [1.165, 1.54) is 23.1 Å². The number of piperidine rings is 1.